The van der Waals surface area contributed by atoms with Crippen LogP contribution >= 0.6 is 0 Å². The fourth-order valence-corrected chi connectivity index (χ4v) is 1.28. The molecule has 0 aliphatic rings. The number of H-pyrrole nitrogens is 1. The molecule has 0 saturated carbocycles. The van der Waals surface area contributed by atoms with Crippen LogP contribution in [0.1, 0.15) is 6.92 Å². The maximum absolute atomic E-state index is 10.6. The minimum Gasteiger partial charge on any atom is -0.479 e. The number of hydrogen-bond acceptors (Lipinski definition) is 3. The molecule has 0 aliphatic carbocycles. The summed E-state index contributed by atoms with van der Waals surface area (Å²) in [6, 6.07) is 5.35. The molecule has 1 aromatic heterocycles. The Morgan fingerprint density at radius 2 is 2.40 bits per heavy atom. The van der Waals surface area contributed by atoms with Gasteiger partial charge >= 0.3 is 5.97 Å². The fourth-order valence-electron chi connectivity index (χ4n) is 1.28. The number of carbonyl (C=O) groups is 1. The minimum atomic E-state index is -0.990. The van der Waals surface area contributed by atoms with Gasteiger partial charge in [-0.3, -0.25) is 5.10 Å². The average Bonchev–Trinajstić information content (AvgIpc) is 2.66. The van der Waals surface area contributed by atoms with Crippen molar-refractivity contribution in [2.45, 2.75) is 13.0 Å². The zero-order chi connectivity index (χ0) is 10.8. The number of rotatable bonds is 3. The Bertz CT molecular complexity index is 492. The molecule has 78 valence electrons. The van der Waals surface area contributed by atoms with Crippen LogP contribution in [0.25, 0.3) is 10.9 Å². The third-order valence-corrected chi connectivity index (χ3v) is 2.10. The average molecular weight is 206 g/mol. The minimum absolute atomic E-state index is 0.524. The summed E-state index contributed by atoms with van der Waals surface area (Å²) in [6.07, 6.45) is 0.740. The van der Waals surface area contributed by atoms with Crippen LogP contribution in [0.15, 0.2) is 24.4 Å². The van der Waals surface area contributed by atoms with E-state index in [9.17, 15) is 4.79 Å². The summed E-state index contributed by atoms with van der Waals surface area (Å²) < 4.78 is 5.29. The summed E-state index contributed by atoms with van der Waals surface area (Å²) >= 11 is 0. The van der Waals surface area contributed by atoms with Crippen molar-refractivity contribution in [1.82, 2.24) is 10.2 Å². The Morgan fingerprint density at radius 1 is 1.60 bits per heavy atom. The van der Waals surface area contributed by atoms with Gasteiger partial charge in [0.25, 0.3) is 0 Å². The lowest BCUT2D eigenvalue weighted by atomic mass is 10.2. The quantitative estimate of drug-likeness (QED) is 0.796. The standard InChI is InChI=1S/C10H10N2O3/c1-6(10(13)14)15-9-4-2-3-8-7(9)5-11-12-8/h2-6H,1H3,(H,11,12)(H,13,14)/t6-/m0/s1. The van der Waals surface area contributed by atoms with Crippen LogP contribution in [0.3, 0.4) is 0 Å². The molecule has 2 rings (SSSR count). The third kappa shape index (κ3) is 1.76. The highest BCUT2D eigenvalue weighted by Gasteiger charge is 2.14. The van der Waals surface area contributed by atoms with Gasteiger partial charge in [0.15, 0.2) is 6.10 Å². The molecular formula is C10H10N2O3. The van der Waals surface area contributed by atoms with Gasteiger partial charge in [-0.15, -0.1) is 0 Å². The van der Waals surface area contributed by atoms with E-state index in [1.54, 1.807) is 18.3 Å². The van der Waals surface area contributed by atoms with Crippen LogP contribution in [0.2, 0.25) is 0 Å². The van der Waals surface area contributed by atoms with Crippen LogP contribution in [-0.2, 0) is 4.79 Å². The molecule has 0 bridgehead atoms. The van der Waals surface area contributed by atoms with Gasteiger partial charge in [0.1, 0.15) is 5.75 Å². The number of nitrogens with zero attached hydrogens (tertiary/aromatic N) is 1. The van der Waals surface area contributed by atoms with Crippen LogP contribution in [-0.4, -0.2) is 27.4 Å². The van der Waals surface area contributed by atoms with E-state index < -0.39 is 12.1 Å². The lowest BCUT2D eigenvalue weighted by Gasteiger charge is -2.10. The molecule has 1 atom stereocenters. The van der Waals surface area contributed by atoms with Crippen molar-refractivity contribution in [2.24, 2.45) is 0 Å². The summed E-state index contributed by atoms with van der Waals surface area (Å²) in [5.74, 6) is -0.466. The summed E-state index contributed by atoms with van der Waals surface area (Å²) in [5.41, 5.74) is 0.824. The molecule has 15 heavy (non-hydrogen) atoms. The van der Waals surface area contributed by atoms with Crippen molar-refractivity contribution in [2.75, 3.05) is 0 Å². The second-order valence-electron chi connectivity index (χ2n) is 3.19. The number of ether oxygens (including phenoxy) is 1. The smallest absolute Gasteiger partial charge is 0.344 e. The second-order valence-corrected chi connectivity index (χ2v) is 3.19. The molecule has 0 saturated heterocycles. The molecule has 0 aliphatic heterocycles. The van der Waals surface area contributed by atoms with E-state index in [1.165, 1.54) is 6.92 Å². The van der Waals surface area contributed by atoms with Crippen LogP contribution in [0.4, 0.5) is 0 Å². The fraction of sp³-hybridized carbons (Fsp3) is 0.200. The van der Waals surface area contributed by atoms with Crippen molar-refractivity contribution in [1.29, 1.82) is 0 Å². The van der Waals surface area contributed by atoms with Gasteiger partial charge < -0.3 is 9.84 Å². The van der Waals surface area contributed by atoms with Gasteiger partial charge in [-0.1, -0.05) is 6.07 Å². The lowest BCUT2D eigenvalue weighted by molar-refractivity contribution is -0.144. The predicted molar refractivity (Wildman–Crippen MR) is 53.8 cm³/mol. The largest absolute Gasteiger partial charge is 0.479 e. The molecule has 0 radical (unpaired) electrons. The number of carboxylic acid groups (broad SMARTS) is 1. The highest BCUT2D eigenvalue weighted by Crippen LogP contribution is 2.24. The van der Waals surface area contributed by atoms with Gasteiger partial charge in [-0.2, -0.15) is 5.10 Å². The van der Waals surface area contributed by atoms with Gasteiger partial charge in [0.2, 0.25) is 0 Å². The van der Waals surface area contributed by atoms with Crippen LogP contribution < -0.4 is 4.74 Å². The Balaban J connectivity index is 2.35. The molecule has 2 N–H and O–H groups in total. The predicted octanol–water partition coefficient (Wildman–Crippen LogP) is 1.41. The number of aliphatic carboxylic acids is 1. The van der Waals surface area contributed by atoms with Gasteiger partial charge in [-0.05, 0) is 19.1 Å². The van der Waals surface area contributed by atoms with Crippen molar-refractivity contribution >= 4 is 16.9 Å². The molecule has 0 unspecified atom stereocenters. The van der Waals surface area contributed by atoms with E-state index in [-0.39, 0.29) is 0 Å². The van der Waals surface area contributed by atoms with Crippen molar-refractivity contribution in [3.05, 3.63) is 24.4 Å². The first-order valence-corrected chi connectivity index (χ1v) is 4.50. The van der Waals surface area contributed by atoms with E-state index in [4.69, 9.17) is 9.84 Å². The van der Waals surface area contributed by atoms with Crippen LogP contribution in [0.5, 0.6) is 5.75 Å². The number of hydrogen-bond donors (Lipinski definition) is 2. The van der Waals surface area contributed by atoms with Gasteiger partial charge in [0.05, 0.1) is 17.1 Å². The number of nitrogens with one attached hydrogen (secondary N) is 1. The number of benzene rings is 1. The third-order valence-electron chi connectivity index (χ3n) is 2.10. The molecule has 2 aromatic rings. The molecule has 0 fully saturated rings. The van der Waals surface area contributed by atoms with E-state index >= 15 is 0 Å². The lowest BCUT2D eigenvalue weighted by Crippen LogP contribution is -2.22. The zero-order valence-electron chi connectivity index (χ0n) is 8.10. The second kappa shape index (κ2) is 3.61. The van der Waals surface area contributed by atoms with E-state index in [0.717, 1.165) is 10.9 Å². The number of fused-ring (bicyclic) bond motifs is 1. The first-order chi connectivity index (χ1) is 7.18. The first-order valence-electron chi connectivity index (χ1n) is 4.50. The molecule has 0 amide bonds. The Hall–Kier alpha value is -2.04. The SMILES string of the molecule is C[C@H](Oc1cccc2[nH]ncc12)C(=O)O. The molecule has 0 spiro atoms. The Kier molecular flexibility index (Phi) is 2.29. The van der Waals surface area contributed by atoms with Crippen molar-refractivity contribution < 1.29 is 14.6 Å². The maximum Gasteiger partial charge on any atom is 0.344 e. The van der Waals surface area contributed by atoms with E-state index in [1.807, 2.05) is 6.07 Å². The van der Waals surface area contributed by atoms with Crippen molar-refractivity contribution in [3.8, 4) is 5.75 Å². The maximum atomic E-state index is 10.6. The van der Waals surface area contributed by atoms with Gasteiger partial charge in [-0.25, -0.2) is 4.79 Å². The normalized spacial score (nSPS) is 12.6. The molecule has 1 heterocycles. The first kappa shape index (κ1) is 9.51. The summed E-state index contributed by atoms with van der Waals surface area (Å²) in [7, 11) is 0. The summed E-state index contributed by atoms with van der Waals surface area (Å²) in [4.78, 5) is 10.6. The Labute approximate surface area is 85.7 Å². The van der Waals surface area contributed by atoms with E-state index in [2.05, 4.69) is 10.2 Å². The summed E-state index contributed by atoms with van der Waals surface area (Å²) in [6.45, 7) is 1.49. The zero-order valence-corrected chi connectivity index (χ0v) is 8.10. The van der Waals surface area contributed by atoms with E-state index in [0.29, 0.717) is 5.75 Å². The topological polar surface area (TPSA) is 75.2 Å². The summed E-state index contributed by atoms with van der Waals surface area (Å²) in [5, 5.41) is 16.1. The molecule has 5 nitrogen and oxygen atoms in total. The number of carboxylic acids is 1. The van der Waals surface area contributed by atoms with Crippen molar-refractivity contribution in [3.63, 3.8) is 0 Å². The molecular weight excluding hydrogens is 196 g/mol. The molecule has 5 heteroatoms. The van der Waals surface area contributed by atoms with Gasteiger partial charge in [0, 0.05) is 0 Å². The number of aromatic amines is 1. The Morgan fingerprint density at radius 3 is 3.13 bits per heavy atom. The monoisotopic (exact) mass is 206 g/mol. The number of aromatic nitrogens is 2. The highest BCUT2D eigenvalue weighted by molar-refractivity contribution is 5.85. The van der Waals surface area contributed by atoms with Crippen LogP contribution in [0, 0.1) is 0 Å². The molecule has 1 aromatic carbocycles. The highest BCUT2D eigenvalue weighted by atomic mass is 16.5.